The SMILES string of the molecule is CCCCCC(O)CCC1c2ccccc2C(O)C1C/C=C\CCCC(=O)O. The summed E-state index contributed by atoms with van der Waals surface area (Å²) in [7, 11) is 0. The number of allylic oxidation sites excluding steroid dienone is 2. The zero-order valence-corrected chi connectivity index (χ0v) is 17.1. The summed E-state index contributed by atoms with van der Waals surface area (Å²) in [6, 6.07) is 8.13. The molecule has 0 spiro atoms. The van der Waals surface area contributed by atoms with Gasteiger partial charge in [-0.15, -0.1) is 0 Å². The van der Waals surface area contributed by atoms with Crippen molar-refractivity contribution in [3.8, 4) is 0 Å². The first kappa shape index (κ1) is 22.6. The predicted octanol–water partition coefficient (Wildman–Crippen LogP) is 5.36. The molecule has 0 radical (unpaired) electrons. The Morgan fingerprint density at radius 3 is 2.57 bits per heavy atom. The molecule has 3 N–H and O–H groups in total. The number of benzene rings is 1. The van der Waals surface area contributed by atoms with E-state index in [4.69, 9.17) is 5.11 Å². The standard InChI is InChI=1S/C24H36O4/c1-2-3-6-11-18(25)16-17-20-19-12-9-10-14-21(19)24(28)22(20)13-7-4-5-8-15-23(26)27/h4,7,9-10,12,14,18,20,22,24-25,28H,2-3,5-6,8,11,13,15-17H2,1H3,(H,26,27)/b7-4-. The lowest BCUT2D eigenvalue weighted by Crippen LogP contribution is -2.15. The molecular weight excluding hydrogens is 352 g/mol. The van der Waals surface area contributed by atoms with Crippen molar-refractivity contribution in [2.24, 2.45) is 5.92 Å². The largest absolute Gasteiger partial charge is 0.481 e. The van der Waals surface area contributed by atoms with Crippen LogP contribution >= 0.6 is 0 Å². The third kappa shape index (κ3) is 6.75. The molecule has 1 aromatic rings. The zero-order valence-electron chi connectivity index (χ0n) is 17.1. The van der Waals surface area contributed by atoms with E-state index in [2.05, 4.69) is 19.1 Å². The number of aliphatic carboxylic acids is 1. The molecule has 0 aliphatic heterocycles. The molecule has 0 bridgehead atoms. The van der Waals surface area contributed by atoms with Gasteiger partial charge in [0.1, 0.15) is 0 Å². The van der Waals surface area contributed by atoms with Crippen LogP contribution in [0.25, 0.3) is 0 Å². The minimum atomic E-state index is -0.757. The summed E-state index contributed by atoms with van der Waals surface area (Å²) in [5.74, 6) is -0.376. The Kier molecular flexibility index (Phi) is 9.72. The van der Waals surface area contributed by atoms with Gasteiger partial charge in [-0.05, 0) is 61.5 Å². The molecule has 0 fully saturated rings. The minimum absolute atomic E-state index is 0.121. The van der Waals surface area contributed by atoms with Crippen LogP contribution in [0.4, 0.5) is 0 Å². The second kappa shape index (κ2) is 12.0. The lowest BCUT2D eigenvalue weighted by atomic mass is 9.84. The van der Waals surface area contributed by atoms with Gasteiger partial charge in [0.2, 0.25) is 0 Å². The molecule has 28 heavy (non-hydrogen) atoms. The second-order valence-electron chi connectivity index (χ2n) is 8.06. The van der Waals surface area contributed by atoms with Gasteiger partial charge in [-0.25, -0.2) is 0 Å². The summed E-state index contributed by atoms with van der Waals surface area (Å²) in [4.78, 5) is 10.6. The second-order valence-corrected chi connectivity index (χ2v) is 8.06. The van der Waals surface area contributed by atoms with Crippen molar-refractivity contribution in [1.82, 2.24) is 0 Å². The van der Waals surface area contributed by atoms with Crippen molar-refractivity contribution in [1.29, 1.82) is 0 Å². The molecule has 4 atom stereocenters. The zero-order chi connectivity index (χ0) is 20.4. The topological polar surface area (TPSA) is 77.8 Å². The molecule has 1 aromatic carbocycles. The molecule has 2 rings (SSSR count). The van der Waals surface area contributed by atoms with Gasteiger partial charge < -0.3 is 15.3 Å². The summed E-state index contributed by atoms with van der Waals surface area (Å²) in [5, 5.41) is 29.9. The summed E-state index contributed by atoms with van der Waals surface area (Å²) in [5.41, 5.74) is 2.25. The number of carboxylic acids is 1. The molecule has 0 amide bonds. The third-order valence-corrected chi connectivity index (χ3v) is 5.92. The molecule has 1 aliphatic carbocycles. The Morgan fingerprint density at radius 1 is 1.11 bits per heavy atom. The fourth-order valence-electron chi connectivity index (χ4n) is 4.35. The Morgan fingerprint density at radius 2 is 1.86 bits per heavy atom. The normalized spacial score (nSPS) is 22.5. The lowest BCUT2D eigenvalue weighted by Gasteiger charge is -2.23. The predicted molar refractivity (Wildman–Crippen MR) is 112 cm³/mol. The van der Waals surface area contributed by atoms with Crippen LogP contribution < -0.4 is 0 Å². The van der Waals surface area contributed by atoms with Gasteiger partial charge >= 0.3 is 5.97 Å². The van der Waals surface area contributed by atoms with E-state index in [9.17, 15) is 15.0 Å². The maximum atomic E-state index is 10.9. The molecular formula is C24H36O4. The minimum Gasteiger partial charge on any atom is -0.481 e. The Labute approximate surface area is 169 Å². The van der Waals surface area contributed by atoms with E-state index >= 15 is 0 Å². The van der Waals surface area contributed by atoms with Gasteiger partial charge in [0.15, 0.2) is 0 Å². The fourth-order valence-corrected chi connectivity index (χ4v) is 4.35. The van der Waals surface area contributed by atoms with Gasteiger partial charge in [-0.3, -0.25) is 4.79 Å². The van der Waals surface area contributed by atoms with Crippen LogP contribution in [0, 0.1) is 5.92 Å². The summed E-state index contributed by atoms with van der Waals surface area (Å²) < 4.78 is 0. The van der Waals surface area contributed by atoms with E-state index in [1.807, 2.05) is 24.3 Å². The van der Waals surface area contributed by atoms with Gasteiger partial charge in [0.25, 0.3) is 0 Å². The van der Waals surface area contributed by atoms with Crippen molar-refractivity contribution < 1.29 is 20.1 Å². The van der Waals surface area contributed by atoms with Gasteiger partial charge in [-0.1, -0.05) is 62.6 Å². The Hall–Kier alpha value is -1.65. The molecule has 0 saturated carbocycles. The Balaban J connectivity index is 1.93. The van der Waals surface area contributed by atoms with Crippen molar-refractivity contribution >= 4 is 5.97 Å². The van der Waals surface area contributed by atoms with Gasteiger partial charge in [0, 0.05) is 6.42 Å². The average molecular weight is 389 g/mol. The highest BCUT2D eigenvalue weighted by Crippen LogP contribution is 2.49. The molecule has 156 valence electrons. The van der Waals surface area contributed by atoms with E-state index in [1.54, 1.807) is 0 Å². The highest BCUT2D eigenvalue weighted by molar-refractivity contribution is 5.66. The first-order valence-corrected chi connectivity index (χ1v) is 10.9. The van der Waals surface area contributed by atoms with E-state index < -0.39 is 12.1 Å². The molecule has 0 aromatic heterocycles. The van der Waals surface area contributed by atoms with Crippen molar-refractivity contribution in [2.45, 2.75) is 89.3 Å². The number of hydrogen-bond acceptors (Lipinski definition) is 3. The number of aliphatic hydroxyl groups is 2. The van der Waals surface area contributed by atoms with E-state index in [0.717, 1.165) is 56.9 Å². The van der Waals surface area contributed by atoms with E-state index in [1.165, 1.54) is 5.56 Å². The van der Waals surface area contributed by atoms with Crippen LogP contribution in [0.3, 0.4) is 0 Å². The van der Waals surface area contributed by atoms with Crippen LogP contribution in [0.2, 0.25) is 0 Å². The molecule has 0 heterocycles. The Bertz CT molecular complexity index is 625. The quantitative estimate of drug-likeness (QED) is 0.314. The van der Waals surface area contributed by atoms with Crippen LogP contribution in [0.1, 0.15) is 94.3 Å². The van der Waals surface area contributed by atoms with E-state index in [0.29, 0.717) is 6.42 Å². The first-order valence-electron chi connectivity index (χ1n) is 10.9. The summed E-state index contributed by atoms with van der Waals surface area (Å²) in [6.45, 7) is 2.17. The van der Waals surface area contributed by atoms with E-state index in [-0.39, 0.29) is 24.4 Å². The average Bonchev–Trinajstić information content (AvgIpc) is 2.94. The number of aliphatic hydroxyl groups excluding tert-OH is 2. The summed E-state index contributed by atoms with van der Waals surface area (Å²) in [6.07, 6.45) is 11.7. The number of hydrogen-bond donors (Lipinski definition) is 3. The highest BCUT2D eigenvalue weighted by atomic mass is 16.4. The maximum absolute atomic E-state index is 10.9. The van der Waals surface area contributed by atoms with Crippen molar-refractivity contribution in [3.63, 3.8) is 0 Å². The fraction of sp³-hybridized carbons (Fsp3) is 0.625. The molecule has 0 saturated heterocycles. The summed E-state index contributed by atoms with van der Waals surface area (Å²) >= 11 is 0. The van der Waals surface area contributed by atoms with Gasteiger partial charge in [0.05, 0.1) is 12.2 Å². The van der Waals surface area contributed by atoms with Crippen LogP contribution in [0.5, 0.6) is 0 Å². The monoisotopic (exact) mass is 388 g/mol. The molecule has 4 heteroatoms. The lowest BCUT2D eigenvalue weighted by molar-refractivity contribution is -0.137. The number of fused-ring (bicyclic) bond motifs is 1. The maximum Gasteiger partial charge on any atom is 0.303 e. The van der Waals surface area contributed by atoms with Crippen LogP contribution in [-0.4, -0.2) is 27.4 Å². The number of carboxylic acid groups (broad SMARTS) is 1. The molecule has 4 unspecified atom stereocenters. The van der Waals surface area contributed by atoms with Crippen LogP contribution in [-0.2, 0) is 4.79 Å². The van der Waals surface area contributed by atoms with Gasteiger partial charge in [-0.2, -0.15) is 0 Å². The number of carbonyl (C=O) groups is 1. The highest BCUT2D eigenvalue weighted by Gasteiger charge is 2.38. The van der Waals surface area contributed by atoms with Crippen LogP contribution in [0.15, 0.2) is 36.4 Å². The number of rotatable bonds is 13. The molecule has 1 aliphatic rings. The van der Waals surface area contributed by atoms with Crippen molar-refractivity contribution in [2.75, 3.05) is 0 Å². The third-order valence-electron chi connectivity index (χ3n) is 5.92. The molecule has 4 nitrogen and oxygen atoms in total. The first-order chi connectivity index (χ1) is 13.5. The smallest absolute Gasteiger partial charge is 0.303 e. The number of unbranched alkanes of at least 4 members (excludes halogenated alkanes) is 3. The van der Waals surface area contributed by atoms with Crippen molar-refractivity contribution in [3.05, 3.63) is 47.5 Å².